The SMILES string of the molecule is CCN(Cc1ccc(OCc2ccccc2)cc1)C(=O)CSc1nnc(-c2c[nH]c3ccccc23)o1. The Morgan fingerprint density at radius 2 is 1.75 bits per heavy atom. The summed E-state index contributed by atoms with van der Waals surface area (Å²) < 4.78 is 11.7. The Morgan fingerprint density at radius 1 is 0.972 bits per heavy atom. The lowest BCUT2D eigenvalue weighted by Gasteiger charge is -2.20. The molecular weight excluding hydrogens is 472 g/mol. The molecule has 1 amide bonds. The van der Waals surface area contributed by atoms with E-state index in [0.29, 0.717) is 30.8 Å². The van der Waals surface area contributed by atoms with Crippen LogP contribution in [0.1, 0.15) is 18.1 Å². The van der Waals surface area contributed by atoms with Gasteiger partial charge in [0.1, 0.15) is 12.4 Å². The molecule has 7 nitrogen and oxygen atoms in total. The van der Waals surface area contributed by atoms with Crippen molar-refractivity contribution in [2.75, 3.05) is 12.3 Å². The van der Waals surface area contributed by atoms with E-state index in [-0.39, 0.29) is 11.7 Å². The number of thioether (sulfide) groups is 1. The summed E-state index contributed by atoms with van der Waals surface area (Å²) in [7, 11) is 0. The number of nitrogens with one attached hydrogen (secondary N) is 1. The van der Waals surface area contributed by atoms with Crippen LogP contribution in [0.25, 0.3) is 22.4 Å². The van der Waals surface area contributed by atoms with Gasteiger partial charge < -0.3 is 19.0 Å². The van der Waals surface area contributed by atoms with Crippen molar-refractivity contribution in [3.8, 4) is 17.2 Å². The number of hydrogen-bond acceptors (Lipinski definition) is 6. The van der Waals surface area contributed by atoms with Crippen molar-refractivity contribution in [2.24, 2.45) is 0 Å². The van der Waals surface area contributed by atoms with Gasteiger partial charge in [0.15, 0.2) is 0 Å². The molecule has 1 N–H and O–H groups in total. The number of carbonyl (C=O) groups is 1. The van der Waals surface area contributed by atoms with Gasteiger partial charge in [-0.05, 0) is 36.2 Å². The average Bonchev–Trinajstić information content (AvgIpc) is 3.57. The third kappa shape index (κ3) is 5.60. The number of hydrogen-bond donors (Lipinski definition) is 1. The zero-order valence-electron chi connectivity index (χ0n) is 19.9. The molecule has 3 aromatic carbocycles. The molecule has 0 radical (unpaired) electrons. The van der Waals surface area contributed by atoms with E-state index in [9.17, 15) is 4.79 Å². The van der Waals surface area contributed by atoms with E-state index in [4.69, 9.17) is 9.15 Å². The van der Waals surface area contributed by atoms with E-state index in [1.54, 1.807) is 0 Å². The number of carbonyl (C=O) groups excluding carboxylic acids is 1. The third-order valence-corrected chi connectivity index (χ3v) is 6.63. The first-order valence-corrected chi connectivity index (χ1v) is 12.7. The molecule has 5 aromatic rings. The van der Waals surface area contributed by atoms with Gasteiger partial charge in [0, 0.05) is 30.2 Å². The molecule has 8 heteroatoms. The number of fused-ring (bicyclic) bond motifs is 1. The minimum atomic E-state index is 0.0127. The number of benzene rings is 3. The zero-order valence-corrected chi connectivity index (χ0v) is 20.7. The first kappa shape index (κ1) is 23.7. The third-order valence-electron chi connectivity index (χ3n) is 5.82. The second-order valence-electron chi connectivity index (χ2n) is 8.24. The molecule has 2 aromatic heterocycles. The molecule has 0 saturated carbocycles. The monoisotopic (exact) mass is 498 g/mol. The standard InChI is InChI=1S/C28H26N4O3S/c1-2-32(17-20-12-14-22(15-13-20)34-18-21-8-4-3-5-9-21)26(33)19-36-28-31-30-27(35-28)24-16-29-25-11-7-6-10-23(24)25/h3-16,29H,2,17-19H2,1H3. The fourth-order valence-electron chi connectivity index (χ4n) is 3.87. The summed E-state index contributed by atoms with van der Waals surface area (Å²) in [5.41, 5.74) is 4.02. The number of ether oxygens (including phenoxy) is 1. The van der Waals surface area contributed by atoms with Crippen LogP contribution in [-0.4, -0.2) is 38.3 Å². The highest BCUT2D eigenvalue weighted by molar-refractivity contribution is 7.99. The second kappa shape index (κ2) is 11.1. The number of aromatic amines is 1. The maximum Gasteiger partial charge on any atom is 0.277 e. The van der Waals surface area contributed by atoms with E-state index in [1.165, 1.54) is 11.8 Å². The number of H-pyrrole nitrogens is 1. The minimum absolute atomic E-state index is 0.0127. The number of amides is 1. The fraction of sp³-hybridized carbons (Fsp3) is 0.179. The highest BCUT2D eigenvalue weighted by Gasteiger charge is 2.17. The van der Waals surface area contributed by atoms with Crippen molar-refractivity contribution in [1.29, 1.82) is 0 Å². The van der Waals surface area contributed by atoms with Gasteiger partial charge in [-0.1, -0.05) is 72.4 Å². The maximum absolute atomic E-state index is 12.9. The van der Waals surface area contributed by atoms with Gasteiger partial charge in [-0.25, -0.2) is 0 Å². The van der Waals surface area contributed by atoms with E-state index < -0.39 is 0 Å². The molecule has 2 heterocycles. The Labute approximate surface area is 213 Å². The molecule has 0 bridgehead atoms. The van der Waals surface area contributed by atoms with E-state index in [0.717, 1.165) is 33.3 Å². The second-order valence-corrected chi connectivity index (χ2v) is 9.16. The highest BCUT2D eigenvalue weighted by atomic mass is 32.2. The summed E-state index contributed by atoms with van der Waals surface area (Å²) in [5, 5.41) is 9.68. The Hall–Kier alpha value is -4.04. The first-order valence-electron chi connectivity index (χ1n) is 11.8. The van der Waals surface area contributed by atoms with Crippen LogP contribution in [0.2, 0.25) is 0 Å². The van der Waals surface area contributed by atoms with Crippen molar-refractivity contribution < 1.29 is 13.9 Å². The molecule has 0 atom stereocenters. The van der Waals surface area contributed by atoms with Crippen LogP contribution in [0.15, 0.2) is 94.7 Å². The number of para-hydroxylation sites is 1. The fourth-order valence-corrected chi connectivity index (χ4v) is 4.53. The van der Waals surface area contributed by atoms with Crippen molar-refractivity contribution in [3.63, 3.8) is 0 Å². The molecule has 0 fully saturated rings. The van der Waals surface area contributed by atoms with Gasteiger partial charge >= 0.3 is 0 Å². The molecule has 5 rings (SSSR count). The van der Waals surface area contributed by atoms with Gasteiger partial charge in [-0.15, -0.1) is 10.2 Å². The lowest BCUT2D eigenvalue weighted by Crippen LogP contribution is -2.31. The van der Waals surface area contributed by atoms with Gasteiger partial charge in [-0.3, -0.25) is 4.79 Å². The zero-order chi connectivity index (χ0) is 24.7. The summed E-state index contributed by atoms with van der Waals surface area (Å²) in [5.74, 6) is 1.47. The van der Waals surface area contributed by atoms with E-state index >= 15 is 0 Å². The molecule has 182 valence electrons. The molecular formula is C28H26N4O3S. The Bertz CT molecular complexity index is 1430. The number of aromatic nitrogens is 3. The van der Waals surface area contributed by atoms with Crippen molar-refractivity contribution in [2.45, 2.75) is 25.3 Å². The summed E-state index contributed by atoms with van der Waals surface area (Å²) >= 11 is 1.25. The molecule has 0 aliphatic rings. The largest absolute Gasteiger partial charge is 0.489 e. The topological polar surface area (TPSA) is 84.2 Å². The molecule has 0 aliphatic carbocycles. The van der Waals surface area contributed by atoms with Crippen LogP contribution in [0.4, 0.5) is 0 Å². The highest BCUT2D eigenvalue weighted by Crippen LogP contribution is 2.29. The normalized spacial score (nSPS) is 11.0. The summed E-state index contributed by atoms with van der Waals surface area (Å²) in [6, 6.07) is 25.9. The molecule has 0 unspecified atom stereocenters. The first-order chi connectivity index (χ1) is 17.7. The Balaban J connectivity index is 1.14. The van der Waals surface area contributed by atoms with Crippen LogP contribution in [0.3, 0.4) is 0 Å². The smallest absolute Gasteiger partial charge is 0.277 e. The molecule has 0 aliphatic heterocycles. The lowest BCUT2D eigenvalue weighted by atomic mass is 10.2. The van der Waals surface area contributed by atoms with Crippen LogP contribution in [0, 0.1) is 0 Å². The predicted molar refractivity (Wildman–Crippen MR) is 141 cm³/mol. The quantitative estimate of drug-likeness (QED) is 0.240. The lowest BCUT2D eigenvalue weighted by molar-refractivity contribution is -0.128. The van der Waals surface area contributed by atoms with Crippen molar-refractivity contribution >= 4 is 28.6 Å². The summed E-state index contributed by atoms with van der Waals surface area (Å²) in [4.78, 5) is 17.9. The summed E-state index contributed by atoms with van der Waals surface area (Å²) in [6.07, 6.45) is 1.86. The van der Waals surface area contributed by atoms with Crippen LogP contribution >= 0.6 is 11.8 Å². The number of nitrogens with zero attached hydrogens (tertiary/aromatic N) is 3. The summed E-state index contributed by atoms with van der Waals surface area (Å²) in [6.45, 7) is 3.63. The molecule has 0 spiro atoms. The van der Waals surface area contributed by atoms with Crippen LogP contribution in [0.5, 0.6) is 5.75 Å². The van der Waals surface area contributed by atoms with Crippen molar-refractivity contribution in [3.05, 3.63) is 96.2 Å². The van der Waals surface area contributed by atoms with Gasteiger partial charge in [-0.2, -0.15) is 0 Å². The Morgan fingerprint density at radius 3 is 2.56 bits per heavy atom. The van der Waals surface area contributed by atoms with Crippen LogP contribution < -0.4 is 4.74 Å². The number of rotatable bonds is 10. The predicted octanol–water partition coefficient (Wildman–Crippen LogP) is 5.94. The van der Waals surface area contributed by atoms with E-state index in [2.05, 4.69) is 15.2 Å². The maximum atomic E-state index is 12.9. The van der Waals surface area contributed by atoms with Gasteiger partial charge in [0.2, 0.25) is 5.91 Å². The minimum Gasteiger partial charge on any atom is -0.489 e. The van der Waals surface area contributed by atoms with E-state index in [1.807, 2.05) is 96.9 Å². The average molecular weight is 499 g/mol. The molecule has 0 saturated heterocycles. The Kier molecular flexibility index (Phi) is 7.33. The van der Waals surface area contributed by atoms with Crippen LogP contribution in [-0.2, 0) is 17.9 Å². The molecule has 36 heavy (non-hydrogen) atoms. The van der Waals surface area contributed by atoms with Crippen molar-refractivity contribution in [1.82, 2.24) is 20.1 Å². The van der Waals surface area contributed by atoms with Gasteiger partial charge in [0.25, 0.3) is 11.1 Å². The van der Waals surface area contributed by atoms with Gasteiger partial charge in [0.05, 0.1) is 11.3 Å².